The van der Waals surface area contributed by atoms with E-state index in [4.69, 9.17) is 0 Å². The molecule has 1 fully saturated rings. The number of aromatic nitrogens is 2. The van der Waals surface area contributed by atoms with Crippen molar-refractivity contribution < 1.29 is 0 Å². The minimum atomic E-state index is 0.496. The van der Waals surface area contributed by atoms with Gasteiger partial charge in [-0.3, -0.25) is 0 Å². The summed E-state index contributed by atoms with van der Waals surface area (Å²) < 4.78 is 2.39. The van der Waals surface area contributed by atoms with Gasteiger partial charge in [0.05, 0.1) is 10.9 Å². The van der Waals surface area contributed by atoms with Crippen LogP contribution in [0.1, 0.15) is 32.7 Å². The van der Waals surface area contributed by atoms with Crippen LogP contribution in [0.3, 0.4) is 0 Å². The highest BCUT2D eigenvalue weighted by Crippen LogP contribution is 2.39. The van der Waals surface area contributed by atoms with Crippen molar-refractivity contribution in [3.63, 3.8) is 0 Å². The molecule has 1 N–H and O–H groups in total. The zero-order valence-electron chi connectivity index (χ0n) is 12.4. The molecule has 3 rings (SSSR count). The molecule has 20 heavy (non-hydrogen) atoms. The fourth-order valence-corrected chi connectivity index (χ4v) is 4.47. The number of nitrogens with one attached hydrogen (secondary N) is 1. The Hall–Kier alpha value is -1.13. The fourth-order valence-electron chi connectivity index (χ4n) is 3.75. The molecule has 0 radical (unpaired) electrons. The van der Waals surface area contributed by atoms with Gasteiger partial charge in [-0.05, 0) is 43.2 Å². The van der Waals surface area contributed by atoms with Crippen LogP contribution in [0.5, 0.6) is 0 Å². The van der Waals surface area contributed by atoms with E-state index in [1.54, 1.807) is 11.3 Å². The third-order valence-corrected chi connectivity index (χ3v) is 5.39. The maximum Gasteiger partial charge on any atom is 0.150 e. The molecule has 1 aliphatic carbocycles. The van der Waals surface area contributed by atoms with E-state index in [1.165, 1.54) is 17.7 Å². The predicted molar refractivity (Wildman–Crippen MR) is 85.0 cm³/mol. The van der Waals surface area contributed by atoms with Gasteiger partial charge in [-0.15, -0.1) is 11.3 Å². The summed E-state index contributed by atoms with van der Waals surface area (Å²) in [5.74, 6) is 2.59. The molecule has 2 aromatic heterocycles. The normalized spacial score (nSPS) is 30.6. The first-order chi connectivity index (χ1) is 9.70. The van der Waals surface area contributed by atoms with Crippen molar-refractivity contribution in [2.45, 2.75) is 38.8 Å². The largest absolute Gasteiger partial charge is 0.325 e. The lowest BCUT2D eigenvalue weighted by atomic mass is 9.76. The zero-order valence-corrected chi connectivity index (χ0v) is 13.2. The standard InChI is InChI=1S/C16H23N3S/c1-11-9-12(2)15(13(10-11)17-3)19-7-6-18-16(19)14-5-4-8-20-14/h4-8,11-13,15,17H,9-10H2,1-3H3. The Bertz CT molecular complexity index is 546. The van der Waals surface area contributed by atoms with Crippen molar-refractivity contribution in [2.75, 3.05) is 7.05 Å². The van der Waals surface area contributed by atoms with Gasteiger partial charge in [0.15, 0.2) is 0 Å². The van der Waals surface area contributed by atoms with Gasteiger partial charge in [-0.1, -0.05) is 19.9 Å². The molecular formula is C16H23N3S. The molecule has 1 aliphatic rings. The van der Waals surface area contributed by atoms with E-state index < -0.39 is 0 Å². The number of thiophene rings is 1. The van der Waals surface area contributed by atoms with E-state index in [1.807, 2.05) is 6.20 Å². The Morgan fingerprint density at radius 2 is 2.20 bits per heavy atom. The third kappa shape index (κ3) is 2.42. The number of likely N-dealkylation sites (N-methyl/N-ethyl adjacent to an activating group) is 1. The van der Waals surface area contributed by atoms with Gasteiger partial charge in [0, 0.05) is 18.4 Å². The SMILES string of the molecule is CNC1CC(C)CC(C)C1n1ccnc1-c1cccs1. The number of rotatable bonds is 3. The Labute approximate surface area is 125 Å². The average molecular weight is 289 g/mol. The Balaban J connectivity index is 1.97. The van der Waals surface area contributed by atoms with Crippen LogP contribution in [-0.2, 0) is 0 Å². The molecule has 0 amide bonds. The Kier molecular flexibility index (Phi) is 3.94. The zero-order chi connectivity index (χ0) is 14.1. The number of hydrogen-bond donors (Lipinski definition) is 1. The third-order valence-electron chi connectivity index (χ3n) is 4.53. The van der Waals surface area contributed by atoms with Crippen LogP contribution in [0, 0.1) is 11.8 Å². The van der Waals surface area contributed by atoms with Crippen molar-refractivity contribution in [3.8, 4) is 10.7 Å². The van der Waals surface area contributed by atoms with E-state index in [2.05, 4.69) is 59.5 Å². The van der Waals surface area contributed by atoms with Crippen LogP contribution in [0.4, 0.5) is 0 Å². The highest BCUT2D eigenvalue weighted by molar-refractivity contribution is 7.13. The Morgan fingerprint density at radius 1 is 1.35 bits per heavy atom. The molecule has 0 bridgehead atoms. The lowest BCUT2D eigenvalue weighted by molar-refractivity contribution is 0.160. The maximum atomic E-state index is 4.60. The van der Waals surface area contributed by atoms with Crippen LogP contribution in [0.25, 0.3) is 10.7 Å². The molecule has 0 spiro atoms. The second-order valence-electron chi connectivity index (χ2n) is 6.08. The van der Waals surface area contributed by atoms with E-state index in [0.717, 1.165) is 11.7 Å². The molecule has 2 heterocycles. The molecule has 4 unspecified atom stereocenters. The molecule has 0 saturated heterocycles. The predicted octanol–water partition coefficient (Wildman–Crippen LogP) is 3.81. The van der Waals surface area contributed by atoms with E-state index in [-0.39, 0.29) is 0 Å². The minimum Gasteiger partial charge on any atom is -0.325 e. The molecule has 108 valence electrons. The summed E-state index contributed by atoms with van der Waals surface area (Å²) >= 11 is 1.77. The summed E-state index contributed by atoms with van der Waals surface area (Å²) in [6, 6.07) is 5.28. The molecule has 0 aromatic carbocycles. The van der Waals surface area contributed by atoms with Crippen molar-refractivity contribution in [3.05, 3.63) is 29.9 Å². The molecular weight excluding hydrogens is 266 g/mol. The van der Waals surface area contributed by atoms with E-state index >= 15 is 0 Å². The summed E-state index contributed by atoms with van der Waals surface area (Å²) in [5.41, 5.74) is 0. The summed E-state index contributed by atoms with van der Waals surface area (Å²) in [4.78, 5) is 5.86. The monoisotopic (exact) mass is 289 g/mol. The van der Waals surface area contributed by atoms with Gasteiger partial charge >= 0.3 is 0 Å². The second-order valence-corrected chi connectivity index (χ2v) is 7.02. The quantitative estimate of drug-likeness (QED) is 0.931. The number of hydrogen-bond acceptors (Lipinski definition) is 3. The fraction of sp³-hybridized carbons (Fsp3) is 0.562. The van der Waals surface area contributed by atoms with E-state index in [9.17, 15) is 0 Å². The van der Waals surface area contributed by atoms with Crippen LogP contribution in [0.2, 0.25) is 0 Å². The van der Waals surface area contributed by atoms with Gasteiger partial charge in [0.25, 0.3) is 0 Å². The van der Waals surface area contributed by atoms with Crippen molar-refractivity contribution in [1.82, 2.24) is 14.9 Å². The number of imidazole rings is 1. The molecule has 4 atom stereocenters. The second kappa shape index (κ2) is 5.70. The van der Waals surface area contributed by atoms with Gasteiger partial charge in [-0.2, -0.15) is 0 Å². The first-order valence-corrected chi connectivity index (χ1v) is 8.32. The van der Waals surface area contributed by atoms with Crippen LogP contribution < -0.4 is 5.32 Å². The van der Waals surface area contributed by atoms with Crippen molar-refractivity contribution in [1.29, 1.82) is 0 Å². The summed E-state index contributed by atoms with van der Waals surface area (Å²) in [6.45, 7) is 4.74. The van der Waals surface area contributed by atoms with Crippen molar-refractivity contribution >= 4 is 11.3 Å². The van der Waals surface area contributed by atoms with Gasteiger partial charge in [-0.25, -0.2) is 4.98 Å². The van der Waals surface area contributed by atoms with Crippen molar-refractivity contribution in [2.24, 2.45) is 11.8 Å². The molecule has 1 saturated carbocycles. The van der Waals surface area contributed by atoms with Gasteiger partial charge < -0.3 is 9.88 Å². The number of nitrogens with zero attached hydrogens (tertiary/aromatic N) is 2. The van der Waals surface area contributed by atoms with Crippen LogP contribution in [-0.4, -0.2) is 22.6 Å². The lowest BCUT2D eigenvalue weighted by Crippen LogP contribution is -2.43. The topological polar surface area (TPSA) is 29.9 Å². The molecule has 2 aromatic rings. The highest BCUT2D eigenvalue weighted by atomic mass is 32.1. The smallest absolute Gasteiger partial charge is 0.150 e. The first-order valence-electron chi connectivity index (χ1n) is 7.44. The Morgan fingerprint density at radius 3 is 2.90 bits per heavy atom. The van der Waals surface area contributed by atoms with Crippen LogP contribution >= 0.6 is 11.3 Å². The average Bonchev–Trinajstić information content (AvgIpc) is 3.07. The molecule has 0 aliphatic heterocycles. The molecule has 3 nitrogen and oxygen atoms in total. The molecule has 4 heteroatoms. The summed E-state index contributed by atoms with van der Waals surface area (Å²) in [6.07, 6.45) is 6.63. The summed E-state index contributed by atoms with van der Waals surface area (Å²) in [7, 11) is 2.09. The first kappa shape index (κ1) is 13.8. The highest BCUT2D eigenvalue weighted by Gasteiger charge is 2.35. The summed E-state index contributed by atoms with van der Waals surface area (Å²) in [5, 5.41) is 5.65. The van der Waals surface area contributed by atoms with Gasteiger partial charge in [0.1, 0.15) is 5.82 Å². The van der Waals surface area contributed by atoms with Gasteiger partial charge in [0.2, 0.25) is 0 Å². The van der Waals surface area contributed by atoms with Crippen LogP contribution in [0.15, 0.2) is 29.9 Å². The van der Waals surface area contributed by atoms with E-state index in [0.29, 0.717) is 18.0 Å². The maximum absolute atomic E-state index is 4.60. The lowest BCUT2D eigenvalue weighted by Gasteiger charge is -2.40. The minimum absolute atomic E-state index is 0.496.